The van der Waals surface area contributed by atoms with Crippen LogP contribution in [0.1, 0.15) is 29.8 Å². The maximum absolute atomic E-state index is 12.9. The van der Waals surface area contributed by atoms with Crippen molar-refractivity contribution in [2.75, 3.05) is 11.4 Å². The predicted molar refractivity (Wildman–Crippen MR) is 107 cm³/mol. The van der Waals surface area contributed by atoms with Crippen LogP contribution < -0.4 is 4.90 Å². The number of furan rings is 1. The third-order valence-electron chi connectivity index (χ3n) is 4.87. The number of fused-ring (bicyclic) bond motifs is 1. The smallest absolute Gasteiger partial charge is 0.223 e. The zero-order valence-corrected chi connectivity index (χ0v) is 16.7. The number of hydrogen-bond donors (Lipinski definition) is 0. The molecule has 144 valence electrons. The lowest BCUT2D eigenvalue weighted by atomic mass is 10.0. The molecular weight excluding hydrogens is 376 g/mol. The molecule has 0 fully saturated rings. The largest absolute Gasteiger partial charge is 0.461 e. The first-order chi connectivity index (χ1) is 13.5. The van der Waals surface area contributed by atoms with Gasteiger partial charge in [-0.2, -0.15) is 0 Å². The van der Waals surface area contributed by atoms with Crippen molar-refractivity contribution in [3.63, 3.8) is 0 Å². The van der Waals surface area contributed by atoms with Crippen molar-refractivity contribution in [2.24, 2.45) is 7.05 Å². The number of aromatic nitrogens is 3. The Bertz CT molecular complexity index is 1040. The number of carbonyl (C=O) groups excluding carboxylic acids is 2. The maximum Gasteiger partial charge on any atom is 0.223 e. The Morgan fingerprint density at radius 1 is 1.25 bits per heavy atom. The monoisotopic (exact) mass is 396 g/mol. The Labute approximate surface area is 166 Å². The van der Waals surface area contributed by atoms with Gasteiger partial charge in [-0.1, -0.05) is 11.8 Å². The molecule has 0 radical (unpaired) electrons. The Kier molecular flexibility index (Phi) is 4.80. The van der Waals surface area contributed by atoms with Gasteiger partial charge in [-0.3, -0.25) is 9.59 Å². The average molecular weight is 396 g/mol. The maximum atomic E-state index is 12.9. The number of anilines is 1. The molecule has 4 rings (SSSR count). The van der Waals surface area contributed by atoms with Gasteiger partial charge in [-0.15, -0.1) is 10.2 Å². The first kappa shape index (κ1) is 18.5. The van der Waals surface area contributed by atoms with Gasteiger partial charge in [0.25, 0.3) is 0 Å². The second kappa shape index (κ2) is 7.27. The molecule has 1 atom stereocenters. The summed E-state index contributed by atoms with van der Waals surface area (Å²) >= 11 is 1.36. The van der Waals surface area contributed by atoms with Gasteiger partial charge in [-0.05, 0) is 49.2 Å². The molecule has 28 heavy (non-hydrogen) atoms. The summed E-state index contributed by atoms with van der Waals surface area (Å²) in [6.07, 6.45) is 2.36. The number of carbonyl (C=O) groups is 2. The van der Waals surface area contributed by atoms with Crippen molar-refractivity contribution in [1.82, 2.24) is 14.8 Å². The van der Waals surface area contributed by atoms with E-state index in [0.29, 0.717) is 28.8 Å². The summed E-state index contributed by atoms with van der Waals surface area (Å²) in [4.78, 5) is 26.4. The fourth-order valence-corrected chi connectivity index (χ4v) is 4.26. The molecule has 3 heterocycles. The van der Waals surface area contributed by atoms with Crippen molar-refractivity contribution in [2.45, 2.75) is 30.7 Å². The quantitative estimate of drug-likeness (QED) is 0.486. The normalized spacial score (nSPS) is 14.2. The van der Waals surface area contributed by atoms with Gasteiger partial charge in [0.05, 0.1) is 11.5 Å². The fourth-order valence-electron chi connectivity index (χ4n) is 3.37. The highest BCUT2D eigenvalue weighted by molar-refractivity contribution is 8.00. The molecule has 8 heteroatoms. The van der Waals surface area contributed by atoms with E-state index in [2.05, 4.69) is 10.2 Å². The molecule has 2 aromatic heterocycles. The summed E-state index contributed by atoms with van der Waals surface area (Å²) in [5.74, 6) is 1.30. The molecule has 1 aliphatic rings. The number of rotatable bonds is 5. The Morgan fingerprint density at radius 3 is 2.79 bits per heavy atom. The second-order valence-electron chi connectivity index (χ2n) is 6.73. The van der Waals surface area contributed by atoms with Crippen molar-refractivity contribution < 1.29 is 14.0 Å². The summed E-state index contributed by atoms with van der Waals surface area (Å²) < 4.78 is 7.20. The summed E-state index contributed by atoms with van der Waals surface area (Å²) in [6.45, 7) is 4.09. The highest BCUT2D eigenvalue weighted by Crippen LogP contribution is 2.31. The molecule has 0 aliphatic carbocycles. The van der Waals surface area contributed by atoms with E-state index in [1.807, 2.05) is 36.7 Å². The molecule has 3 aromatic rings. The minimum Gasteiger partial charge on any atom is -0.461 e. The molecule has 0 N–H and O–H groups in total. The fraction of sp³-hybridized carbons (Fsp3) is 0.300. The summed E-state index contributed by atoms with van der Waals surface area (Å²) in [5, 5.41) is 8.69. The number of benzene rings is 1. The zero-order valence-electron chi connectivity index (χ0n) is 15.9. The molecule has 1 amide bonds. The standard InChI is InChI=1S/C20H20N4O3S/c1-12(28-20-22-21-19(23(20)3)17-5-4-10-27-17)18(26)15-6-7-16-14(11-15)8-9-24(16)13(2)25/h4-7,10-12H,8-9H2,1-3H3/t12-/m0/s1. The second-order valence-corrected chi connectivity index (χ2v) is 8.04. The molecule has 0 spiro atoms. The van der Waals surface area contributed by atoms with Crippen LogP contribution in [0.4, 0.5) is 5.69 Å². The van der Waals surface area contributed by atoms with E-state index in [-0.39, 0.29) is 16.9 Å². The van der Waals surface area contributed by atoms with E-state index in [9.17, 15) is 9.59 Å². The highest BCUT2D eigenvalue weighted by atomic mass is 32.2. The van der Waals surface area contributed by atoms with Gasteiger partial charge < -0.3 is 13.9 Å². The predicted octanol–water partition coefficient (Wildman–Crippen LogP) is 3.35. The lowest BCUT2D eigenvalue weighted by molar-refractivity contribution is -0.116. The van der Waals surface area contributed by atoms with E-state index >= 15 is 0 Å². The lowest BCUT2D eigenvalue weighted by Crippen LogP contribution is -2.25. The Morgan fingerprint density at radius 2 is 2.07 bits per heavy atom. The average Bonchev–Trinajstić information content (AvgIpc) is 3.41. The summed E-state index contributed by atoms with van der Waals surface area (Å²) in [6, 6.07) is 9.19. The third kappa shape index (κ3) is 3.24. The molecule has 0 unspecified atom stereocenters. The van der Waals surface area contributed by atoms with Crippen LogP contribution in [0.2, 0.25) is 0 Å². The van der Waals surface area contributed by atoms with Crippen LogP contribution in [0.3, 0.4) is 0 Å². The summed E-state index contributed by atoms with van der Waals surface area (Å²) in [7, 11) is 1.85. The number of Topliss-reactive ketones (excluding diaryl/α,β-unsaturated/α-hetero) is 1. The minimum atomic E-state index is -0.323. The number of thioether (sulfide) groups is 1. The lowest BCUT2D eigenvalue weighted by Gasteiger charge is -2.15. The van der Waals surface area contributed by atoms with Gasteiger partial charge in [0, 0.05) is 31.8 Å². The molecule has 1 aliphatic heterocycles. The summed E-state index contributed by atoms with van der Waals surface area (Å²) in [5.41, 5.74) is 2.59. The van der Waals surface area contributed by atoms with E-state index in [1.54, 1.807) is 30.2 Å². The van der Waals surface area contributed by atoms with E-state index < -0.39 is 0 Å². The van der Waals surface area contributed by atoms with Crippen LogP contribution in [0.15, 0.2) is 46.2 Å². The van der Waals surface area contributed by atoms with Gasteiger partial charge in [0.1, 0.15) is 0 Å². The van der Waals surface area contributed by atoms with Crippen LogP contribution in [0.5, 0.6) is 0 Å². The van der Waals surface area contributed by atoms with Gasteiger partial charge in [0.2, 0.25) is 5.91 Å². The highest BCUT2D eigenvalue weighted by Gasteiger charge is 2.25. The van der Waals surface area contributed by atoms with Crippen LogP contribution in [0, 0.1) is 0 Å². The number of nitrogens with zero attached hydrogens (tertiary/aromatic N) is 4. The molecule has 0 saturated carbocycles. The van der Waals surface area contributed by atoms with Crippen LogP contribution in [0.25, 0.3) is 11.6 Å². The van der Waals surface area contributed by atoms with Crippen LogP contribution in [-0.4, -0.2) is 38.2 Å². The molecule has 7 nitrogen and oxygen atoms in total. The van der Waals surface area contributed by atoms with Gasteiger partial charge in [0.15, 0.2) is 22.5 Å². The Balaban J connectivity index is 1.51. The van der Waals surface area contributed by atoms with Crippen molar-refractivity contribution in [3.8, 4) is 11.6 Å². The van der Waals surface area contributed by atoms with Crippen LogP contribution >= 0.6 is 11.8 Å². The molecule has 0 saturated heterocycles. The third-order valence-corrected chi connectivity index (χ3v) is 6.00. The SMILES string of the molecule is CC(=O)N1CCc2cc(C(=O)[C@H](C)Sc3nnc(-c4ccco4)n3C)ccc21. The minimum absolute atomic E-state index is 0.0244. The van der Waals surface area contributed by atoms with E-state index in [1.165, 1.54) is 11.8 Å². The molecule has 0 bridgehead atoms. The van der Waals surface area contributed by atoms with Crippen molar-refractivity contribution >= 4 is 29.1 Å². The topological polar surface area (TPSA) is 81.2 Å². The van der Waals surface area contributed by atoms with E-state index in [4.69, 9.17) is 4.42 Å². The molecular formula is C20H20N4O3S. The number of hydrogen-bond acceptors (Lipinski definition) is 6. The van der Waals surface area contributed by atoms with Gasteiger partial charge >= 0.3 is 0 Å². The van der Waals surface area contributed by atoms with Crippen molar-refractivity contribution in [1.29, 1.82) is 0 Å². The Hall–Kier alpha value is -2.87. The first-order valence-electron chi connectivity index (χ1n) is 9.01. The van der Waals surface area contributed by atoms with Crippen LogP contribution in [-0.2, 0) is 18.3 Å². The van der Waals surface area contributed by atoms with Gasteiger partial charge in [-0.25, -0.2) is 0 Å². The first-order valence-corrected chi connectivity index (χ1v) is 9.89. The number of amides is 1. The molecule has 1 aromatic carbocycles. The number of ketones is 1. The van der Waals surface area contributed by atoms with Crippen molar-refractivity contribution in [3.05, 3.63) is 47.7 Å². The zero-order chi connectivity index (χ0) is 19.8. The van der Waals surface area contributed by atoms with E-state index in [0.717, 1.165) is 17.7 Å².